The van der Waals surface area contributed by atoms with E-state index in [4.69, 9.17) is 4.98 Å². The molecule has 2 aliphatic rings. The number of aromatic amines is 1. The second-order valence-corrected chi connectivity index (χ2v) is 7.56. The lowest BCUT2D eigenvalue weighted by Crippen LogP contribution is -2.34. The number of para-hydroxylation sites is 2. The summed E-state index contributed by atoms with van der Waals surface area (Å²) in [6.45, 7) is 1.99. The van der Waals surface area contributed by atoms with Crippen LogP contribution in [-0.2, 0) is 0 Å². The Hall–Kier alpha value is -2.44. The lowest BCUT2D eigenvalue weighted by atomic mass is 9.73. The van der Waals surface area contributed by atoms with Gasteiger partial charge in [0, 0.05) is 12.2 Å². The fourth-order valence-electron chi connectivity index (χ4n) is 4.67. The Kier molecular flexibility index (Phi) is 3.69. The van der Waals surface area contributed by atoms with E-state index in [1.807, 2.05) is 31.3 Å². The topological polar surface area (TPSA) is 85.9 Å². The molecule has 0 radical (unpaired) electrons. The molecule has 4 unspecified atom stereocenters. The molecule has 6 heteroatoms. The van der Waals surface area contributed by atoms with Gasteiger partial charge in [-0.05, 0) is 61.3 Å². The SMILES string of the molecule is Cc1c(O)cncc1C1CCC2NNC(c3nc4ccccc4[nH]3)C2C1. The van der Waals surface area contributed by atoms with Crippen molar-refractivity contribution in [2.24, 2.45) is 5.92 Å². The molecule has 1 saturated carbocycles. The zero-order valence-corrected chi connectivity index (χ0v) is 14.7. The number of imidazole rings is 1. The molecule has 6 nitrogen and oxygen atoms in total. The Bertz CT molecular complexity index is 919. The second kappa shape index (κ2) is 6.07. The Morgan fingerprint density at radius 3 is 2.88 bits per heavy atom. The minimum atomic E-state index is 0.167. The van der Waals surface area contributed by atoms with Gasteiger partial charge in [-0.25, -0.2) is 10.4 Å². The molecule has 1 aliphatic heterocycles. The highest BCUT2D eigenvalue weighted by atomic mass is 16.3. The number of fused-ring (bicyclic) bond motifs is 2. The van der Waals surface area contributed by atoms with Crippen molar-refractivity contribution in [1.82, 2.24) is 25.8 Å². The van der Waals surface area contributed by atoms with Crippen LogP contribution in [0, 0.1) is 12.8 Å². The van der Waals surface area contributed by atoms with Crippen LogP contribution in [0.4, 0.5) is 0 Å². The quantitative estimate of drug-likeness (QED) is 0.571. The summed E-state index contributed by atoms with van der Waals surface area (Å²) in [5.41, 5.74) is 11.2. The molecular formula is C20H23N5O. The average Bonchev–Trinajstić information content (AvgIpc) is 3.26. The molecule has 2 fully saturated rings. The average molecular weight is 349 g/mol. The third-order valence-corrected chi connectivity index (χ3v) is 6.12. The number of pyridine rings is 1. The minimum absolute atomic E-state index is 0.167. The maximum Gasteiger partial charge on any atom is 0.137 e. The van der Waals surface area contributed by atoms with E-state index in [0.29, 0.717) is 23.6 Å². The summed E-state index contributed by atoms with van der Waals surface area (Å²) in [5, 5.41) is 10.0. The highest BCUT2D eigenvalue weighted by Crippen LogP contribution is 2.44. The van der Waals surface area contributed by atoms with Gasteiger partial charge in [-0.2, -0.15) is 0 Å². The van der Waals surface area contributed by atoms with Gasteiger partial charge in [-0.15, -0.1) is 0 Å². The minimum Gasteiger partial charge on any atom is -0.506 e. The number of hydrogen-bond acceptors (Lipinski definition) is 5. The zero-order valence-electron chi connectivity index (χ0n) is 14.7. The van der Waals surface area contributed by atoms with Crippen LogP contribution in [0.2, 0.25) is 0 Å². The molecule has 3 heterocycles. The van der Waals surface area contributed by atoms with E-state index in [0.717, 1.165) is 41.7 Å². The number of benzene rings is 1. The molecule has 26 heavy (non-hydrogen) atoms. The Morgan fingerprint density at radius 2 is 2.00 bits per heavy atom. The summed E-state index contributed by atoms with van der Waals surface area (Å²) < 4.78 is 0. The van der Waals surface area contributed by atoms with Gasteiger partial charge in [0.15, 0.2) is 0 Å². The maximum absolute atomic E-state index is 10.0. The summed E-state index contributed by atoms with van der Waals surface area (Å²) in [7, 11) is 0. The van der Waals surface area contributed by atoms with Gasteiger partial charge >= 0.3 is 0 Å². The summed E-state index contributed by atoms with van der Waals surface area (Å²) in [4.78, 5) is 12.5. The number of nitrogens with zero attached hydrogens (tertiary/aromatic N) is 2. The van der Waals surface area contributed by atoms with E-state index in [-0.39, 0.29) is 6.04 Å². The molecule has 4 N–H and O–H groups in total. The van der Waals surface area contributed by atoms with Gasteiger partial charge in [-0.1, -0.05) is 12.1 Å². The summed E-state index contributed by atoms with van der Waals surface area (Å²) in [6, 6.07) is 8.78. The molecule has 5 rings (SSSR count). The van der Waals surface area contributed by atoms with E-state index in [1.165, 1.54) is 11.8 Å². The van der Waals surface area contributed by atoms with E-state index in [9.17, 15) is 5.11 Å². The fourth-order valence-corrected chi connectivity index (χ4v) is 4.67. The van der Waals surface area contributed by atoms with Crippen LogP contribution in [0.1, 0.15) is 48.2 Å². The molecule has 3 aromatic rings. The smallest absolute Gasteiger partial charge is 0.137 e. The van der Waals surface area contributed by atoms with Crippen LogP contribution in [0.5, 0.6) is 5.75 Å². The van der Waals surface area contributed by atoms with Gasteiger partial charge in [-0.3, -0.25) is 10.4 Å². The molecule has 1 aromatic carbocycles. The standard InChI is InChI=1S/C20H23N5O/c1-11-14(9-21-10-18(11)26)12-6-7-15-13(8-12)19(25-24-15)20-22-16-4-2-3-5-17(16)23-20/h2-5,9-10,12-13,15,19,24-26H,6-8H2,1H3,(H,22,23). The Morgan fingerprint density at radius 1 is 1.12 bits per heavy atom. The van der Waals surface area contributed by atoms with Gasteiger partial charge in [0.05, 0.1) is 23.3 Å². The van der Waals surface area contributed by atoms with Crippen LogP contribution < -0.4 is 10.9 Å². The van der Waals surface area contributed by atoms with Crippen molar-refractivity contribution in [1.29, 1.82) is 0 Å². The molecule has 1 aliphatic carbocycles. The number of hydrazine groups is 1. The van der Waals surface area contributed by atoms with Crippen molar-refractivity contribution in [2.75, 3.05) is 0 Å². The molecule has 1 saturated heterocycles. The maximum atomic E-state index is 10.0. The summed E-state index contributed by atoms with van der Waals surface area (Å²) in [6.07, 6.45) is 6.72. The lowest BCUT2D eigenvalue weighted by Gasteiger charge is -2.33. The summed E-state index contributed by atoms with van der Waals surface area (Å²) in [5.74, 6) is 2.17. The van der Waals surface area contributed by atoms with Crippen LogP contribution in [0.15, 0.2) is 36.7 Å². The molecule has 0 spiro atoms. The first-order valence-corrected chi connectivity index (χ1v) is 9.30. The molecule has 2 aromatic heterocycles. The fraction of sp³-hybridized carbons (Fsp3) is 0.400. The predicted octanol–water partition coefficient (Wildman–Crippen LogP) is 3.07. The number of aromatic nitrogens is 3. The zero-order chi connectivity index (χ0) is 17.7. The van der Waals surface area contributed by atoms with Crippen molar-refractivity contribution >= 4 is 11.0 Å². The van der Waals surface area contributed by atoms with E-state index < -0.39 is 0 Å². The number of H-pyrrole nitrogens is 1. The van der Waals surface area contributed by atoms with Crippen LogP contribution >= 0.6 is 0 Å². The van der Waals surface area contributed by atoms with Crippen molar-refractivity contribution in [3.63, 3.8) is 0 Å². The van der Waals surface area contributed by atoms with Crippen LogP contribution in [0.25, 0.3) is 11.0 Å². The predicted molar refractivity (Wildman–Crippen MR) is 99.6 cm³/mol. The Labute approximate surface area is 152 Å². The molecule has 134 valence electrons. The number of nitrogens with one attached hydrogen (secondary N) is 3. The molecule has 0 bridgehead atoms. The third kappa shape index (κ3) is 2.48. The number of aromatic hydroxyl groups is 1. The van der Waals surface area contributed by atoms with Crippen molar-refractivity contribution < 1.29 is 5.11 Å². The van der Waals surface area contributed by atoms with E-state index in [2.05, 4.69) is 26.9 Å². The van der Waals surface area contributed by atoms with E-state index >= 15 is 0 Å². The largest absolute Gasteiger partial charge is 0.506 e. The first-order valence-electron chi connectivity index (χ1n) is 9.30. The number of rotatable bonds is 2. The highest BCUT2D eigenvalue weighted by molar-refractivity contribution is 5.74. The second-order valence-electron chi connectivity index (χ2n) is 7.56. The molecular weight excluding hydrogens is 326 g/mol. The normalized spacial score (nSPS) is 28.3. The first-order chi connectivity index (χ1) is 12.7. The number of hydrogen-bond donors (Lipinski definition) is 4. The first kappa shape index (κ1) is 15.8. The highest BCUT2D eigenvalue weighted by Gasteiger charge is 2.42. The van der Waals surface area contributed by atoms with E-state index in [1.54, 1.807) is 0 Å². The van der Waals surface area contributed by atoms with Gasteiger partial charge in [0.2, 0.25) is 0 Å². The lowest BCUT2D eigenvalue weighted by molar-refractivity contribution is 0.273. The Balaban J connectivity index is 1.44. The van der Waals surface area contributed by atoms with Crippen molar-refractivity contribution in [2.45, 2.75) is 44.2 Å². The monoisotopic (exact) mass is 349 g/mol. The van der Waals surface area contributed by atoms with Crippen molar-refractivity contribution in [3.8, 4) is 5.75 Å². The van der Waals surface area contributed by atoms with Crippen LogP contribution in [0.3, 0.4) is 0 Å². The van der Waals surface area contributed by atoms with Crippen molar-refractivity contribution in [3.05, 3.63) is 53.6 Å². The summed E-state index contributed by atoms with van der Waals surface area (Å²) >= 11 is 0. The van der Waals surface area contributed by atoms with Gasteiger partial charge < -0.3 is 10.1 Å². The van der Waals surface area contributed by atoms with Crippen LogP contribution in [-0.4, -0.2) is 26.1 Å². The van der Waals surface area contributed by atoms with Gasteiger partial charge in [0.25, 0.3) is 0 Å². The molecule has 4 atom stereocenters. The molecule has 0 amide bonds. The van der Waals surface area contributed by atoms with Gasteiger partial charge in [0.1, 0.15) is 11.6 Å². The third-order valence-electron chi connectivity index (χ3n) is 6.12.